The van der Waals surface area contributed by atoms with E-state index in [-0.39, 0.29) is 16.3 Å². The predicted octanol–water partition coefficient (Wildman–Crippen LogP) is 2.95. The van der Waals surface area contributed by atoms with Gasteiger partial charge in [0.25, 0.3) is 0 Å². The van der Waals surface area contributed by atoms with E-state index in [0.717, 1.165) is 30.6 Å². The number of carbonyl (C=O) groups excluding carboxylic acids is 2. The third-order valence-electron chi connectivity index (χ3n) is 4.21. The van der Waals surface area contributed by atoms with Gasteiger partial charge in [-0.15, -0.1) is 0 Å². The summed E-state index contributed by atoms with van der Waals surface area (Å²) in [5.41, 5.74) is 1.84. The molecule has 0 radical (unpaired) electrons. The minimum Gasteiger partial charge on any atom is -0.351 e. The summed E-state index contributed by atoms with van der Waals surface area (Å²) in [7, 11) is 0. The Morgan fingerprint density at radius 1 is 1.04 bits per heavy atom. The standard InChI is InChI=1S/C20H22N2O2S/c23-19(21-13-16-7-3-1-4-8-16)15-22-12-11-18(14-22)25-20(24)17-9-5-2-6-10-17/h1-10,18H,11-15H2,(H,21,23)/t18-/m0/s1. The molecule has 2 aromatic carbocycles. The van der Waals surface area contributed by atoms with Gasteiger partial charge in [0.15, 0.2) is 0 Å². The SMILES string of the molecule is O=C(CN1CC[C@H](SC(=O)c2ccccc2)C1)NCc1ccccc1. The number of hydrogen-bond donors (Lipinski definition) is 1. The average Bonchev–Trinajstić information content (AvgIpc) is 3.08. The van der Waals surface area contributed by atoms with E-state index >= 15 is 0 Å². The van der Waals surface area contributed by atoms with Crippen LogP contribution in [0.4, 0.5) is 0 Å². The molecular weight excluding hydrogens is 332 g/mol. The van der Waals surface area contributed by atoms with E-state index < -0.39 is 0 Å². The van der Waals surface area contributed by atoms with E-state index in [9.17, 15) is 9.59 Å². The second-order valence-corrected chi connectivity index (χ2v) is 7.45. The first-order chi connectivity index (χ1) is 12.2. The molecule has 25 heavy (non-hydrogen) atoms. The van der Waals surface area contributed by atoms with Crippen molar-refractivity contribution < 1.29 is 9.59 Å². The first kappa shape index (κ1) is 17.7. The molecule has 130 valence electrons. The van der Waals surface area contributed by atoms with E-state index in [0.29, 0.717) is 13.1 Å². The highest BCUT2D eigenvalue weighted by molar-refractivity contribution is 8.14. The second-order valence-electron chi connectivity index (χ2n) is 6.18. The minimum absolute atomic E-state index is 0.0314. The molecule has 5 heteroatoms. The van der Waals surface area contributed by atoms with Crippen LogP contribution in [0.25, 0.3) is 0 Å². The van der Waals surface area contributed by atoms with Crippen LogP contribution in [0.3, 0.4) is 0 Å². The molecule has 1 heterocycles. The molecule has 0 bridgehead atoms. The maximum atomic E-state index is 12.3. The minimum atomic E-state index is 0.0314. The number of nitrogens with one attached hydrogen (secondary N) is 1. The molecule has 1 atom stereocenters. The number of thioether (sulfide) groups is 1. The maximum absolute atomic E-state index is 12.3. The van der Waals surface area contributed by atoms with E-state index in [1.165, 1.54) is 11.8 Å². The van der Waals surface area contributed by atoms with Crippen LogP contribution in [0.1, 0.15) is 22.3 Å². The second kappa shape index (κ2) is 8.83. The van der Waals surface area contributed by atoms with Gasteiger partial charge >= 0.3 is 0 Å². The van der Waals surface area contributed by atoms with Crippen molar-refractivity contribution in [1.82, 2.24) is 10.2 Å². The summed E-state index contributed by atoms with van der Waals surface area (Å²) in [6.07, 6.45) is 0.940. The lowest BCUT2D eigenvalue weighted by Gasteiger charge is -2.15. The number of hydrogen-bond acceptors (Lipinski definition) is 4. The van der Waals surface area contributed by atoms with Crippen LogP contribution in [-0.2, 0) is 11.3 Å². The fraction of sp³-hybridized carbons (Fsp3) is 0.300. The summed E-state index contributed by atoms with van der Waals surface area (Å²) in [5, 5.41) is 3.32. The number of rotatable bonds is 6. The van der Waals surface area contributed by atoms with Gasteiger partial charge in [-0.3, -0.25) is 14.5 Å². The Kier molecular flexibility index (Phi) is 6.25. The Morgan fingerprint density at radius 3 is 2.44 bits per heavy atom. The molecule has 0 saturated carbocycles. The van der Waals surface area contributed by atoms with Gasteiger partial charge in [0.1, 0.15) is 0 Å². The number of amides is 1. The summed E-state index contributed by atoms with van der Waals surface area (Å²) < 4.78 is 0. The molecule has 3 rings (SSSR count). The van der Waals surface area contributed by atoms with Gasteiger partial charge in [-0.2, -0.15) is 0 Å². The van der Waals surface area contributed by atoms with Crippen LogP contribution < -0.4 is 5.32 Å². The molecule has 2 aromatic rings. The first-order valence-corrected chi connectivity index (χ1v) is 9.37. The van der Waals surface area contributed by atoms with E-state index in [1.54, 1.807) is 0 Å². The Balaban J connectivity index is 1.40. The molecular formula is C20H22N2O2S. The number of nitrogens with zero attached hydrogens (tertiary/aromatic N) is 1. The molecule has 1 fully saturated rings. The van der Waals surface area contributed by atoms with Crippen molar-refractivity contribution in [2.75, 3.05) is 19.6 Å². The number of likely N-dealkylation sites (tertiary alicyclic amines) is 1. The fourth-order valence-corrected chi connectivity index (χ4v) is 3.97. The largest absolute Gasteiger partial charge is 0.351 e. The van der Waals surface area contributed by atoms with Crippen molar-refractivity contribution in [2.45, 2.75) is 18.2 Å². The van der Waals surface area contributed by atoms with Gasteiger partial charge in [0, 0.05) is 23.9 Å². The Morgan fingerprint density at radius 2 is 1.72 bits per heavy atom. The third-order valence-corrected chi connectivity index (χ3v) is 5.38. The lowest BCUT2D eigenvalue weighted by Crippen LogP contribution is -2.36. The summed E-state index contributed by atoms with van der Waals surface area (Å²) in [6, 6.07) is 19.3. The van der Waals surface area contributed by atoms with E-state index in [4.69, 9.17) is 0 Å². The van der Waals surface area contributed by atoms with Crippen LogP contribution in [0.5, 0.6) is 0 Å². The van der Waals surface area contributed by atoms with Crippen LogP contribution >= 0.6 is 11.8 Å². The van der Waals surface area contributed by atoms with Crippen LogP contribution in [0.2, 0.25) is 0 Å². The van der Waals surface area contributed by atoms with E-state index in [1.807, 2.05) is 60.7 Å². The third kappa shape index (κ3) is 5.44. The van der Waals surface area contributed by atoms with Gasteiger partial charge < -0.3 is 5.32 Å². The van der Waals surface area contributed by atoms with Crippen molar-refractivity contribution in [3.63, 3.8) is 0 Å². The molecule has 0 unspecified atom stereocenters. The van der Waals surface area contributed by atoms with Crippen LogP contribution in [0.15, 0.2) is 60.7 Å². The van der Waals surface area contributed by atoms with Crippen molar-refractivity contribution in [3.8, 4) is 0 Å². The molecule has 0 spiro atoms. The quantitative estimate of drug-likeness (QED) is 0.866. The zero-order valence-corrected chi connectivity index (χ0v) is 14.9. The highest BCUT2D eigenvalue weighted by Gasteiger charge is 2.26. The lowest BCUT2D eigenvalue weighted by atomic mass is 10.2. The lowest BCUT2D eigenvalue weighted by molar-refractivity contribution is -0.122. The normalized spacial score (nSPS) is 17.4. The van der Waals surface area contributed by atoms with Gasteiger partial charge in [0.2, 0.25) is 11.0 Å². The van der Waals surface area contributed by atoms with Gasteiger partial charge in [-0.25, -0.2) is 0 Å². The Labute approximate surface area is 152 Å². The Bertz CT molecular complexity index is 706. The van der Waals surface area contributed by atoms with Crippen LogP contribution in [-0.4, -0.2) is 40.8 Å². The summed E-state index contributed by atoms with van der Waals surface area (Å²) >= 11 is 1.39. The van der Waals surface area contributed by atoms with Crippen molar-refractivity contribution in [1.29, 1.82) is 0 Å². The maximum Gasteiger partial charge on any atom is 0.234 e. The highest BCUT2D eigenvalue weighted by atomic mass is 32.2. The molecule has 4 nitrogen and oxygen atoms in total. The first-order valence-electron chi connectivity index (χ1n) is 8.50. The summed E-state index contributed by atoms with van der Waals surface area (Å²) in [6.45, 7) is 2.59. The van der Waals surface area contributed by atoms with Gasteiger partial charge in [-0.05, 0) is 18.5 Å². The molecule has 1 aliphatic heterocycles. The predicted molar refractivity (Wildman–Crippen MR) is 101 cm³/mol. The van der Waals surface area contributed by atoms with Crippen molar-refractivity contribution >= 4 is 22.8 Å². The van der Waals surface area contributed by atoms with Gasteiger partial charge in [0.05, 0.1) is 6.54 Å². The summed E-state index contributed by atoms with van der Waals surface area (Å²) in [4.78, 5) is 26.5. The smallest absolute Gasteiger partial charge is 0.234 e. The van der Waals surface area contributed by atoms with Crippen molar-refractivity contribution in [3.05, 3.63) is 71.8 Å². The van der Waals surface area contributed by atoms with Gasteiger partial charge in [-0.1, -0.05) is 72.4 Å². The van der Waals surface area contributed by atoms with E-state index in [2.05, 4.69) is 10.2 Å². The number of carbonyl (C=O) groups is 2. The summed E-state index contributed by atoms with van der Waals surface area (Å²) in [5.74, 6) is 0.0314. The van der Waals surface area contributed by atoms with Crippen molar-refractivity contribution in [2.24, 2.45) is 0 Å². The molecule has 1 saturated heterocycles. The highest BCUT2D eigenvalue weighted by Crippen LogP contribution is 2.25. The number of benzene rings is 2. The Hall–Kier alpha value is -2.11. The van der Waals surface area contributed by atoms with Crippen LogP contribution in [0, 0.1) is 0 Å². The fourth-order valence-electron chi connectivity index (χ4n) is 2.89. The zero-order chi connectivity index (χ0) is 17.5. The molecule has 1 aliphatic rings. The average molecular weight is 354 g/mol. The molecule has 0 aromatic heterocycles. The molecule has 0 aliphatic carbocycles. The monoisotopic (exact) mass is 354 g/mol. The zero-order valence-electron chi connectivity index (χ0n) is 14.1. The molecule has 1 N–H and O–H groups in total. The molecule has 1 amide bonds. The topological polar surface area (TPSA) is 49.4 Å².